The zero-order chi connectivity index (χ0) is 17.0. The molecule has 132 valence electrons. The molecule has 8 heteroatoms. The van der Waals surface area contributed by atoms with Crippen molar-refractivity contribution in [1.82, 2.24) is 14.9 Å². The molecule has 3 rings (SSSR count). The molecule has 0 spiro atoms. The van der Waals surface area contributed by atoms with Crippen molar-refractivity contribution in [2.24, 2.45) is 5.92 Å². The SMILES string of the molecule is O=C(NCc1ccccc1CS(=O)(=O)N1CCOCC1)C1CNC1. The van der Waals surface area contributed by atoms with Gasteiger partial charge in [-0.25, -0.2) is 8.42 Å². The average molecular weight is 353 g/mol. The summed E-state index contributed by atoms with van der Waals surface area (Å²) in [6, 6.07) is 7.36. The van der Waals surface area contributed by atoms with Gasteiger partial charge >= 0.3 is 0 Å². The maximum atomic E-state index is 12.6. The van der Waals surface area contributed by atoms with Crippen LogP contribution in [-0.2, 0) is 31.9 Å². The topological polar surface area (TPSA) is 87.7 Å². The Labute approximate surface area is 142 Å². The summed E-state index contributed by atoms with van der Waals surface area (Å²) in [5.41, 5.74) is 1.57. The van der Waals surface area contributed by atoms with E-state index in [1.165, 1.54) is 4.31 Å². The van der Waals surface area contributed by atoms with Gasteiger partial charge in [-0.2, -0.15) is 4.31 Å². The molecule has 1 aromatic carbocycles. The van der Waals surface area contributed by atoms with E-state index in [1.807, 2.05) is 24.3 Å². The van der Waals surface area contributed by atoms with E-state index in [1.54, 1.807) is 0 Å². The fourth-order valence-corrected chi connectivity index (χ4v) is 4.35. The van der Waals surface area contributed by atoms with Crippen LogP contribution in [0, 0.1) is 5.92 Å². The first-order valence-corrected chi connectivity index (χ1v) is 9.78. The summed E-state index contributed by atoms with van der Waals surface area (Å²) in [6.07, 6.45) is 0. The van der Waals surface area contributed by atoms with Gasteiger partial charge in [0.15, 0.2) is 0 Å². The van der Waals surface area contributed by atoms with Gasteiger partial charge in [-0.15, -0.1) is 0 Å². The number of carbonyl (C=O) groups is 1. The van der Waals surface area contributed by atoms with Crippen LogP contribution < -0.4 is 10.6 Å². The Bertz CT molecular complexity index is 682. The van der Waals surface area contributed by atoms with E-state index >= 15 is 0 Å². The van der Waals surface area contributed by atoms with Gasteiger partial charge in [0.1, 0.15) is 0 Å². The molecular weight excluding hydrogens is 330 g/mol. The largest absolute Gasteiger partial charge is 0.379 e. The smallest absolute Gasteiger partial charge is 0.225 e. The Hall–Kier alpha value is -1.48. The summed E-state index contributed by atoms with van der Waals surface area (Å²) in [5.74, 6) is -0.0156. The van der Waals surface area contributed by atoms with Gasteiger partial charge in [-0.05, 0) is 11.1 Å². The second kappa shape index (κ2) is 7.60. The molecule has 0 bridgehead atoms. The molecule has 7 nitrogen and oxygen atoms in total. The lowest BCUT2D eigenvalue weighted by atomic mass is 10.0. The highest BCUT2D eigenvalue weighted by Gasteiger charge is 2.26. The Morgan fingerprint density at radius 1 is 1.21 bits per heavy atom. The summed E-state index contributed by atoms with van der Waals surface area (Å²) in [4.78, 5) is 12.0. The number of morpholine rings is 1. The summed E-state index contributed by atoms with van der Waals surface area (Å²) in [7, 11) is -3.38. The van der Waals surface area contributed by atoms with Gasteiger partial charge < -0.3 is 15.4 Å². The molecular formula is C16H23N3O4S. The van der Waals surface area contributed by atoms with Crippen molar-refractivity contribution < 1.29 is 17.9 Å². The van der Waals surface area contributed by atoms with Crippen LogP contribution in [0.3, 0.4) is 0 Å². The second-order valence-electron chi connectivity index (χ2n) is 6.11. The van der Waals surface area contributed by atoms with Crippen molar-refractivity contribution in [2.75, 3.05) is 39.4 Å². The highest BCUT2D eigenvalue weighted by Crippen LogP contribution is 2.17. The third-order valence-electron chi connectivity index (χ3n) is 4.43. The highest BCUT2D eigenvalue weighted by molar-refractivity contribution is 7.88. The Balaban J connectivity index is 1.65. The minimum atomic E-state index is -3.38. The predicted molar refractivity (Wildman–Crippen MR) is 89.7 cm³/mol. The molecule has 24 heavy (non-hydrogen) atoms. The van der Waals surface area contributed by atoms with Crippen molar-refractivity contribution in [3.8, 4) is 0 Å². The van der Waals surface area contributed by atoms with Crippen molar-refractivity contribution in [1.29, 1.82) is 0 Å². The number of benzene rings is 1. The summed E-state index contributed by atoms with van der Waals surface area (Å²) < 4.78 is 31.9. The van der Waals surface area contributed by atoms with Gasteiger partial charge in [0.2, 0.25) is 15.9 Å². The lowest BCUT2D eigenvalue weighted by Crippen LogP contribution is -2.50. The number of rotatable bonds is 6. The molecule has 2 saturated heterocycles. The lowest BCUT2D eigenvalue weighted by molar-refractivity contribution is -0.126. The van der Waals surface area contributed by atoms with Crippen LogP contribution in [0.1, 0.15) is 11.1 Å². The van der Waals surface area contributed by atoms with Crippen LogP contribution in [-0.4, -0.2) is 58.0 Å². The standard InChI is InChI=1S/C16H23N3O4S/c20-16(15-9-17-10-15)18-11-13-3-1-2-4-14(13)12-24(21,22)19-5-7-23-8-6-19/h1-4,15,17H,5-12H2,(H,18,20). The van der Waals surface area contributed by atoms with Crippen LogP contribution in [0.5, 0.6) is 0 Å². The van der Waals surface area contributed by atoms with E-state index in [2.05, 4.69) is 10.6 Å². The van der Waals surface area contributed by atoms with E-state index in [0.29, 0.717) is 45.9 Å². The number of nitrogens with one attached hydrogen (secondary N) is 2. The van der Waals surface area contributed by atoms with E-state index in [4.69, 9.17) is 4.74 Å². The summed E-state index contributed by atoms with van der Waals surface area (Å²) >= 11 is 0. The Morgan fingerprint density at radius 3 is 2.50 bits per heavy atom. The molecule has 1 amide bonds. The number of sulfonamides is 1. The third kappa shape index (κ3) is 4.13. The van der Waals surface area contributed by atoms with E-state index < -0.39 is 10.0 Å². The number of hydrogen-bond donors (Lipinski definition) is 2. The maximum absolute atomic E-state index is 12.6. The average Bonchev–Trinajstić information content (AvgIpc) is 2.53. The monoisotopic (exact) mass is 353 g/mol. The van der Waals surface area contributed by atoms with Gasteiger partial charge in [0.05, 0.1) is 24.9 Å². The molecule has 0 aromatic heterocycles. The van der Waals surface area contributed by atoms with Gasteiger partial charge in [-0.3, -0.25) is 4.79 Å². The zero-order valence-electron chi connectivity index (χ0n) is 13.5. The second-order valence-corrected chi connectivity index (χ2v) is 8.08. The fraction of sp³-hybridized carbons (Fsp3) is 0.562. The van der Waals surface area contributed by atoms with E-state index in [-0.39, 0.29) is 17.6 Å². The Morgan fingerprint density at radius 2 is 1.88 bits per heavy atom. The molecule has 0 unspecified atom stereocenters. The number of hydrogen-bond acceptors (Lipinski definition) is 5. The van der Waals surface area contributed by atoms with Crippen LogP contribution in [0.15, 0.2) is 24.3 Å². The zero-order valence-corrected chi connectivity index (χ0v) is 14.3. The van der Waals surface area contributed by atoms with Crippen LogP contribution in [0.25, 0.3) is 0 Å². The summed E-state index contributed by atoms with van der Waals surface area (Å²) in [6.45, 7) is 3.44. The molecule has 0 aliphatic carbocycles. The molecule has 2 aliphatic rings. The molecule has 0 saturated carbocycles. The maximum Gasteiger partial charge on any atom is 0.225 e. The number of amides is 1. The minimum absolute atomic E-state index is 0.0135. The highest BCUT2D eigenvalue weighted by atomic mass is 32.2. The molecule has 2 N–H and O–H groups in total. The molecule has 2 heterocycles. The van der Waals surface area contributed by atoms with E-state index in [0.717, 1.165) is 11.1 Å². The lowest BCUT2D eigenvalue weighted by Gasteiger charge is -2.27. The van der Waals surface area contributed by atoms with E-state index in [9.17, 15) is 13.2 Å². The first-order chi connectivity index (χ1) is 11.6. The number of carbonyl (C=O) groups excluding carboxylic acids is 1. The first-order valence-electron chi connectivity index (χ1n) is 8.17. The molecule has 0 atom stereocenters. The molecule has 2 aliphatic heterocycles. The third-order valence-corrected chi connectivity index (χ3v) is 6.25. The van der Waals surface area contributed by atoms with Crippen molar-refractivity contribution in [3.05, 3.63) is 35.4 Å². The van der Waals surface area contributed by atoms with Gasteiger partial charge in [-0.1, -0.05) is 24.3 Å². The van der Waals surface area contributed by atoms with Crippen molar-refractivity contribution >= 4 is 15.9 Å². The van der Waals surface area contributed by atoms with Crippen molar-refractivity contribution in [2.45, 2.75) is 12.3 Å². The van der Waals surface area contributed by atoms with Crippen LogP contribution in [0.2, 0.25) is 0 Å². The van der Waals surface area contributed by atoms with Gasteiger partial charge in [0, 0.05) is 32.7 Å². The quantitative estimate of drug-likeness (QED) is 0.732. The summed E-state index contributed by atoms with van der Waals surface area (Å²) in [5, 5.41) is 5.96. The number of nitrogens with zero attached hydrogens (tertiary/aromatic N) is 1. The molecule has 1 aromatic rings. The number of ether oxygens (including phenoxy) is 1. The fourth-order valence-electron chi connectivity index (χ4n) is 2.78. The first kappa shape index (κ1) is 17.3. The Kier molecular flexibility index (Phi) is 5.50. The predicted octanol–water partition coefficient (Wildman–Crippen LogP) is -0.316. The molecule has 2 fully saturated rings. The molecule has 0 radical (unpaired) electrons. The van der Waals surface area contributed by atoms with Crippen molar-refractivity contribution in [3.63, 3.8) is 0 Å². The van der Waals surface area contributed by atoms with Crippen LogP contribution >= 0.6 is 0 Å². The minimum Gasteiger partial charge on any atom is -0.379 e. The normalized spacial score (nSPS) is 19.7. The van der Waals surface area contributed by atoms with Crippen LogP contribution in [0.4, 0.5) is 0 Å². The van der Waals surface area contributed by atoms with Gasteiger partial charge in [0.25, 0.3) is 0 Å².